The number of nitrogens with one attached hydrogen (secondary N) is 1. The van der Waals surface area contributed by atoms with Gasteiger partial charge in [-0.25, -0.2) is 9.37 Å². The smallest absolute Gasteiger partial charge is 0.236 e. The maximum Gasteiger partial charge on any atom is 0.236 e. The number of aryl methyl sites for hydroxylation is 1. The first-order chi connectivity index (χ1) is 13.6. The molecule has 1 aromatic heterocycles. The number of anilines is 1. The highest BCUT2D eigenvalue weighted by molar-refractivity contribution is 7.14. The fraction of sp³-hybridized carbons (Fsp3) is 0.273. The minimum atomic E-state index is -0.736. The van der Waals surface area contributed by atoms with Gasteiger partial charge in [0.25, 0.3) is 0 Å². The van der Waals surface area contributed by atoms with Gasteiger partial charge in [0.2, 0.25) is 5.91 Å². The number of benzene rings is 2. The van der Waals surface area contributed by atoms with Crippen LogP contribution < -0.4 is 5.32 Å². The van der Waals surface area contributed by atoms with E-state index in [9.17, 15) is 9.18 Å². The van der Waals surface area contributed by atoms with Crippen LogP contribution in [0.4, 0.5) is 9.52 Å². The maximum absolute atomic E-state index is 13.4. The molecule has 4 nitrogen and oxygen atoms in total. The normalized spacial score (nSPS) is 15.9. The fourth-order valence-electron chi connectivity index (χ4n) is 3.67. The van der Waals surface area contributed by atoms with Crippen LogP contribution in [0.15, 0.2) is 53.9 Å². The molecule has 4 rings (SSSR count). The van der Waals surface area contributed by atoms with E-state index >= 15 is 0 Å². The number of rotatable bonds is 4. The third-order valence-corrected chi connectivity index (χ3v) is 6.08. The number of amides is 1. The van der Waals surface area contributed by atoms with Crippen LogP contribution >= 0.6 is 11.3 Å². The zero-order valence-corrected chi connectivity index (χ0v) is 16.4. The largest absolute Gasteiger partial charge is 0.381 e. The van der Waals surface area contributed by atoms with Gasteiger partial charge in [-0.1, -0.05) is 36.4 Å². The quantitative estimate of drug-likeness (QED) is 0.679. The Morgan fingerprint density at radius 1 is 1.14 bits per heavy atom. The average Bonchev–Trinajstić information content (AvgIpc) is 3.17. The van der Waals surface area contributed by atoms with Crippen LogP contribution in [0.5, 0.6) is 0 Å². The lowest BCUT2D eigenvalue weighted by Gasteiger charge is -2.36. The van der Waals surface area contributed by atoms with E-state index in [-0.39, 0.29) is 11.7 Å². The Kier molecular flexibility index (Phi) is 5.24. The molecule has 1 aliphatic rings. The number of carbonyl (C=O) groups excluding carboxylic acids is 1. The molecule has 144 valence electrons. The summed E-state index contributed by atoms with van der Waals surface area (Å²) in [7, 11) is 0. The molecule has 6 heteroatoms. The van der Waals surface area contributed by atoms with Gasteiger partial charge in [-0.05, 0) is 43.0 Å². The Labute approximate surface area is 167 Å². The third-order valence-electron chi connectivity index (χ3n) is 5.32. The average molecular weight is 396 g/mol. The van der Waals surface area contributed by atoms with Crippen molar-refractivity contribution in [3.8, 4) is 11.3 Å². The van der Waals surface area contributed by atoms with Crippen LogP contribution in [0.1, 0.15) is 24.0 Å². The van der Waals surface area contributed by atoms with E-state index in [0.717, 1.165) is 22.4 Å². The molecule has 1 amide bonds. The second-order valence-electron chi connectivity index (χ2n) is 7.01. The minimum absolute atomic E-state index is 0.118. The van der Waals surface area contributed by atoms with Crippen LogP contribution in [0.3, 0.4) is 0 Å². The van der Waals surface area contributed by atoms with E-state index in [1.807, 2.05) is 36.6 Å². The first kappa shape index (κ1) is 18.8. The first-order valence-electron chi connectivity index (χ1n) is 9.25. The summed E-state index contributed by atoms with van der Waals surface area (Å²) in [5.74, 6) is -0.428. The number of aromatic nitrogens is 1. The van der Waals surface area contributed by atoms with Crippen molar-refractivity contribution in [3.05, 3.63) is 70.9 Å². The third kappa shape index (κ3) is 3.57. The minimum Gasteiger partial charge on any atom is -0.381 e. The molecule has 2 heterocycles. The van der Waals surface area contributed by atoms with E-state index in [2.05, 4.69) is 10.3 Å². The van der Waals surface area contributed by atoms with Gasteiger partial charge in [0, 0.05) is 24.2 Å². The molecular weight excluding hydrogens is 375 g/mol. The number of hydrogen-bond donors (Lipinski definition) is 1. The van der Waals surface area contributed by atoms with E-state index in [0.29, 0.717) is 31.2 Å². The first-order valence-corrected chi connectivity index (χ1v) is 10.1. The number of nitrogens with zero attached hydrogens (tertiary/aromatic N) is 1. The molecule has 0 spiro atoms. The van der Waals surface area contributed by atoms with Gasteiger partial charge in [0.05, 0.1) is 11.1 Å². The van der Waals surface area contributed by atoms with Gasteiger partial charge in [-0.3, -0.25) is 4.79 Å². The molecule has 0 aliphatic carbocycles. The molecule has 3 aromatic rings. The molecule has 0 radical (unpaired) electrons. The Bertz CT molecular complexity index is 978. The summed E-state index contributed by atoms with van der Waals surface area (Å²) in [4.78, 5) is 17.9. The monoisotopic (exact) mass is 396 g/mol. The Morgan fingerprint density at radius 2 is 1.86 bits per heavy atom. The van der Waals surface area contributed by atoms with Gasteiger partial charge in [-0.2, -0.15) is 0 Å². The molecule has 0 saturated carbocycles. The van der Waals surface area contributed by atoms with Crippen molar-refractivity contribution in [3.63, 3.8) is 0 Å². The molecule has 1 N–H and O–H groups in total. The Hall–Kier alpha value is -2.57. The van der Waals surface area contributed by atoms with Crippen LogP contribution in [-0.4, -0.2) is 24.1 Å². The number of thiazole rings is 1. The number of carbonyl (C=O) groups is 1. The molecule has 1 saturated heterocycles. The van der Waals surface area contributed by atoms with Gasteiger partial charge in [-0.15, -0.1) is 11.3 Å². The summed E-state index contributed by atoms with van der Waals surface area (Å²) in [6, 6.07) is 14.2. The van der Waals surface area contributed by atoms with Crippen LogP contribution in [-0.2, 0) is 14.9 Å². The van der Waals surface area contributed by atoms with Crippen molar-refractivity contribution in [2.75, 3.05) is 18.5 Å². The molecule has 1 aliphatic heterocycles. The standard InChI is InChI=1S/C22H21FN2O2S/c1-15-4-2-3-5-18(15)19-14-28-21(24-19)25-20(26)22(10-12-27-13-11-22)16-6-8-17(23)9-7-16/h2-9,14H,10-13H2,1H3,(H,24,25,26). The molecule has 28 heavy (non-hydrogen) atoms. The summed E-state index contributed by atoms with van der Waals surface area (Å²) >= 11 is 1.41. The Morgan fingerprint density at radius 3 is 2.57 bits per heavy atom. The second kappa shape index (κ2) is 7.81. The molecular formula is C22H21FN2O2S. The van der Waals surface area contributed by atoms with Crippen LogP contribution in [0.2, 0.25) is 0 Å². The van der Waals surface area contributed by atoms with Gasteiger partial charge >= 0.3 is 0 Å². The van der Waals surface area contributed by atoms with E-state index < -0.39 is 5.41 Å². The molecule has 0 unspecified atom stereocenters. The van der Waals surface area contributed by atoms with Crippen LogP contribution in [0, 0.1) is 12.7 Å². The lowest BCUT2D eigenvalue weighted by molar-refractivity contribution is -0.125. The summed E-state index contributed by atoms with van der Waals surface area (Å²) in [5, 5.41) is 5.51. The SMILES string of the molecule is Cc1ccccc1-c1csc(NC(=O)C2(c3ccc(F)cc3)CCOCC2)n1. The highest BCUT2D eigenvalue weighted by atomic mass is 32.1. The maximum atomic E-state index is 13.4. The summed E-state index contributed by atoms with van der Waals surface area (Å²) in [6.07, 6.45) is 1.11. The molecule has 2 aromatic carbocycles. The van der Waals surface area contributed by atoms with Crippen molar-refractivity contribution >= 4 is 22.4 Å². The van der Waals surface area contributed by atoms with Crippen LogP contribution in [0.25, 0.3) is 11.3 Å². The van der Waals surface area contributed by atoms with Crippen molar-refractivity contribution in [2.45, 2.75) is 25.2 Å². The van der Waals surface area contributed by atoms with Gasteiger partial charge in [0.1, 0.15) is 5.82 Å². The lowest BCUT2D eigenvalue weighted by atomic mass is 9.73. The van der Waals surface area contributed by atoms with Crippen molar-refractivity contribution < 1.29 is 13.9 Å². The number of hydrogen-bond acceptors (Lipinski definition) is 4. The second-order valence-corrected chi connectivity index (χ2v) is 7.87. The van der Waals surface area contributed by atoms with Gasteiger partial charge < -0.3 is 10.1 Å². The van der Waals surface area contributed by atoms with E-state index in [1.165, 1.54) is 23.5 Å². The van der Waals surface area contributed by atoms with E-state index in [4.69, 9.17) is 4.74 Å². The number of ether oxygens (including phenoxy) is 1. The highest BCUT2D eigenvalue weighted by Crippen LogP contribution is 2.37. The number of halogens is 1. The predicted octanol–water partition coefficient (Wildman–Crippen LogP) is 4.94. The Balaban J connectivity index is 1.60. The van der Waals surface area contributed by atoms with Crippen molar-refractivity contribution in [1.82, 2.24) is 4.98 Å². The predicted molar refractivity (Wildman–Crippen MR) is 109 cm³/mol. The zero-order valence-electron chi connectivity index (χ0n) is 15.6. The summed E-state index contributed by atoms with van der Waals surface area (Å²) < 4.78 is 18.9. The summed E-state index contributed by atoms with van der Waals surface area (Å²) in [5.41, 5.74) is 3.11. The zero-order chi connectivity index (χ0) is 19.6. The summed E-state index contributed by atoms with van der Waals surface area (Å²) in [6.45, 7) is 3.03. The van der Waals surface area contributed by atoms with Gasteiger partial charge in [0.15, 0.2) is 5.13 Å². The highest BCUT2D eigenvalue weighted by Gasteiger charge is 2.42. The topological polar surface area (TPSA) is 51.2 Å². The molecule has 1 fully saturated rings. The molecule has 0 bridgehead atoms. The van der Waals surface area contributed by atoms with E-state index in [1.54, 1.807) is 12.1 Å². The lowest BCUT2D eigenvalue weighted by Crippen LogP contribution is -2.44. The fourth-order valence-corrected chi connectivity index (χ4v) is 4.37. The van der Waals surface area contributed by atoms with Crippen molar-refractivity contribution in [2.24, 2.45) is 0 Å². The van der Waals surface area contributed by atoms with Crippen molar-refractivity contribution in [1.29, 1.82) is 0 Å². The molecule has 0 atom stereocenters.